The maximum atomic E-state index is 5.70. The van der Waals surface area contributed by atoms with Crippen LogP contribution in [0.2, 0.25) is 0 Å². The average molecular weight is 228 g/mol. The molecule has 0 aromatic carbocycles. The van der Waals surface area contributed by atoms with Gasteiger partial charge in [-0.25, -0.2) is 0 Å². The zero-order valence-electron chi connectivity index (χ0n) is 11.1. The molecule has 96 valence electrons. The molecular weight excluding hydrogens is 200 g/mol. The van der Waals surface area contributed by atoms with Crippen LogP contribution in [0.3, 0.4) is 0 Å². The maximum Gasteiger partial charge on any atom is 0.0709 e. The number of nitrogens with zero attached hydrogens (tertiary/aromatic N) is 1. The van der Waals surface area contributed by atoms with E-state index in [1.54, 1.807) is 0 Å². The van der Waals surface area contributed by atoms with Gasteiger partial charge in [0.2, 0.25) is 0 Å². The highest BCUT2D eigenvalue weighted by atomic mass is 16.5. The molecule has 3 atom stereocenters. The summed E-state index contributed by atoms with van der Waals surface area (Å²) in [7, 11) is 0. The van der Waals surface area contributed by atoms with Crippen molar-refractivity contribution in [2.24, 2.45) is 5.73 Å². The maximum absolute atomic E-state index is 5.70. The molecule has 1 saturated heterocycles. The largest absolute Gasteiger partial charge is 0.377 e. The van der Waals surface area contributed by atoms with Crippen molar-refractivity contribution in [3.05, 3.63) is 0 Å². The number of rotatable bonds is 7. The van der Waals surface area contributed by atoms with Crippen LogP contribution in [0.15, 0.2) is 0 Å². The van der Waals surface area contributed by atoms with Crippen LogP contribution in [0, 0.1) is 0 Å². The monoisotopic (exact) mass is 228 g/mol. The van der Waals surface area contributed by atoms with Gasteiger partial charge in [0.05, 0.1) is 6.10 Å². The fourth-order valence-electron chi connectivity index (χ4n) is 2.76. The van der Waals surface area contributed by atoms with Gasteiger partial charge in [-0.3, -0.25) is 4.90 Å². The van der Waals surface area contributed by atoms with E-state index in [2.05, 4.69) is 18.7 Å². The van der Waals surface area contributed by atoms with Crippen LogP contribution in [-0.4, -0.2) is 42.8 Å². The lowest BCUT2D eigenvalue weighted by molar-refractivity contribution is 0.0493. The fourth-order valence-corrected chi connectivity index (χ4v) is 2.76. The lowest BCUT2D eigenvalue weighted by Crippen LogP contribution is -2.38. The smallest absolute Gasteiger partial charge is 0.0709 e. The molecule has 0 spiro atoms. The van der Waals surface area contributed by atoms with E-state index >= 15 is 0 Å². The first-order chi connectivity index (χ1) is 7.72. The first-order valence-corrected chi connectivity index (χ1v) is 6.80. The number of hydrogen-bond donors (Lipinski definition) is 1. The molecule has 1 fully saturated rings. The molecule has 3 nitrogen and oxygen atoms in total. The second-order valence-electron chi connectivity index (χ2n) is 4.83. The summed E-state index contributed by atoms with van der Waals surface area (Å²) in [5.41, 5.74) is 5.70. The number of hydrogen-bond acceptors (Lipinski definition) is 3. The average Bonchev–Trinajstić information content (AvgIpc) is 2.65. The molecule has 0 aromatic heterocycles. The third-order valence-electron chi connectivity index (χ3n) is 3.80. The predicted molar refractivity (Wildman–Crippen MR) is 68.6 cm³/mol. The van der Waals surface area contributed by atoms with E-state index in [0.717, 1.165) is 31.7 Å². The molecule has 0 saturated carbocycles. The van der Waals surface area contributed by atoms with Gasteiger partial charge in [-0.05, 0) is 39.5 Å². The van der Waals surface area contributed by atoms with E-state index in [9.17, 15) is 0 Å². The van der Waals surface area contributed by atoms with Crippen LogP contribution in [-0.2, 0) is 4.74 Å². The van der Waals surface area contributed by atoms with E-state index in [-0.39, 0.29) is 6.10 Å². The fraction of sp³-hybridized carbons (Fsp3) is 1.00. The molecule has 0 amide bonds. The van der Waals surface area contributed by atoms with E-state index in [1.807, 2.05) is 6.92 Å². The molecule has 1 heterocycles. The van der Waals surface area contributed by atoms with Gasteiger partial charge in [-0.2, -0.15) is 0 Å². The zero-order valence-corrected chi connectivity index (χ0v) is 11.1. The van der Waals surface area contributed by atoms with Crippen LogP contribution in [0.25, 0.3) is 0 Å². The molecule has 2 N–H and O–H groups in total. The highest BCUT2D eigenvalue weighted by molar-refractivity contribution is 4.84. The molecule has 3 unspecified atom stereocenters. The molecule has 0 radical (unpaired) electrons. The van der Waals surface area contributed by atoms with Crippen LogP contribution in [0.1, 0.15) is 46.5 Å². The van der Waals surface area contributed by atoms with Crippen LogP contribution < -0.4 is 5.73 Å². The van der Waals surface area contributed by atoms with Gasteiger partial charge in [0.15, 0.2) is 0 Å². The van der Waals surface area contributed by atoms with Gasteiger partial charge in [-0.15, -0.1) is 0 Å². The minimum Gasteiger partial charge on any atom is -0.377 e. The SMILES string of the molecule is CCOC(CN)CCN1C(C)CCC1CC. The number of likely N-dealkylation sites (tertiary alicyclic amines) is 1. The van der Waals surface area contributed by atoms with Gasteiger partial charge in [-0.1, -0.05) is 6.92 Å². The lowest BCUT2D eigenvalue weighted by Gasteiger charge is -2.29. The molecular formula is C13H28N2O. The molecule has 0 aliphatic carbocycles. The standard InChI is InChI=1S/C13H28N2O/c1-4-12-7-6-11(3)15(12)9-8-13(10-14)16-5-2/h11-13H,4-10,14H2,1-3H3. The summed E-state index contributed by atoms with van der Waals surface area (Å²) in [6.45, 7) is 9.23. The summed E-state index contributed by atoms with van der Waals surface area (Å²) >= 11 is 0. The normalized spacial score (nSPS) is 28.5. The van der Waals surface area contributed by atoms with Gasteiger partial charge >= 0.3 is 0 Å². The predicted octanol–water partition coefficient (Wildman–Crippen LogP) is 2.00. The first kappa shape index (κ1) is 13.9. The summed E-state index contributed by atoms with van der Waals surface area (Å²) in [6, 6.07) is 1.53. The quantitative estimate of drug-likeness (QED) is 0.724. The first-order valence-electron chi connectivity index (χ1n) is 6.80. The van der Waals surface area contributed by atoms with Gasteiger partial charge in [0, 0.05) is 31.8 Å². The zero-order chi connectivity index (χ0) is 12.0. The second-order valence-corrected chi connectivity index (χ2v) is 4.83. The molecule has 1 aliphatic rings. The summed E-state index contributed by atoms with van der Waals surface area (Å²) in [5, 5.41) is 0. The van der Waals surface area contributed by atoms with Crippen molar-refractivity contribution < 1.29 is 4.74 Å². The molecule has 1 rings (SSSR count). The summed E-state index contributed by atoms with van der Waals surface area (Å²) < 4.78 is 5.60. The Kier molecular flexibility index (Phi) is 6.32. The summed E-state index contributed by atoms with van der Waals surface area (Å²) in [5.74, 6) is 0. The van der Waals surface area contributed by atoms with Gasteiger partial charge in [0.1, 0.15) is 0 Å². The van der Waals surface area contributed by atoms with Crippen LogP contribution >= 0.6 is 0 Å². The Morgan fingerprint density at radius 2 is 2.12 bits per heavy atom. The lowest BCUT2D eigenvalue weighted by atomic mass is 10.1. The third kappa shape index (κ3) is 3.72. The Balaban J connectivity index is 2.34. The Morgan fingerprint density at radius 1 is 1.38 bits per heavy atom. The highest BCUT2D eigenvalue weighted by Crippen LogP contribution is 2.26. The number of nitrogens with two attached hydrogens (primary N) is 1. The van der Waals surface area contributed by atoms with Gasteiger partial charge < -0.3 is 10.5 Å². The van der Waals surface area contributed by atoms with Crippen molar-refractivity contribution in [3.63, 3.8) is 0 Å². The Bertz CT molecular complexity index is 187. The van der Waals surface area contributed by atoms with E-state index in [4.69, 9.17) is 10.5 Å². The van der Waals surface area contributed by atoms with Crippen molar-refractivity contribution in [2.45, 2.75) is 64.6 Å². The Hall–Kier alpha value is -0.120. The van der Waals surface area contributed by atoms with Crippen molar-refractivity contribution in [1.29, 1.82) is 0 Å². The Labute approximate surface area is 100 Å². The minimum absolute atomic E-state index is 0.246. The van der Waals surface area contributed by atoms with E-state index < -0.39 is 0 Å². The number of ether oxygens (including phenoxy) is 1. The van der Waals surface area contributed by atoms with Crippen LogP contribution in [0.4, 0.5) is 0 Å². The topological polar surface area (TPSA) is 38.5 Å². The molecule has 3 heteroatoms. The third-order valence-corrected chi connectivity index (χ3v) is 3.80. The summed E-state index contributed by atoms with van der Waals surface area (Å²) in [6.07, 6.45) is 5.30. The minimum atomic E-state index is 0.246. The second kappa shape index (κ2) is 7.25. The van der Waals surface area contributed by atoms with E-state index in [1.165, 1.54) is 19.3 Å². The Morgan fingerprint density at radius 3 is 2.69 bits per heavy atom. The van der Waals surface area contributed by atoms with E-state index in [0.29, 0.717) is 6.54 Å². The molecule has 16 heavy (non-hydrogen) atoms. The van der Waals surface area contributed by atoms with Crippen molar-refractivity contribution >= 4 is 0 Å². The van der Waals surface area contributed by atoms with Crippen molar-refractivity contribution in [2.75, 3.05) is 19.7 Å². The van der Waals surface area contributed by atoms with Crippen LogP contribution in [0.5, 0.6) is 0 Å². The highest BCUT2D eigenvalue weighted by Gasteiger charge is 2.29. The molecule has 1 aliphatic heterocycles. The molecule has 0 aromatic rings. The van der Waals surface area contributed by atoms with Crippen molar-refractivity contribution in [1.82, 2.24) is 4.90 Å². The molecule has 0 bridgehead atoms. The summed E-state index contributed by atoms with van der Waals surface area (Å²) in [4.78, 5) is 2.64. The van der Waals surface area contributed by atoms with Gasteiger partial charge in [0.25, 0.3) is 0 Å². The van der Waals surface area contributed by atoms with Crippen molar-refractivity contribution in [3.8, 4) is 0 Å².